The summed E-state index contributed by atoms with van der Waals surface area (Å²) >= 11 is 0. The second-order valence-electron chi connectivity index (χ2n) is 4.10. The van der Waals surface area contributed by atoms with Crippen LogP contribution in [0.3, 0.4) is 0 Å². The van der Waals surface area contributed by atoms with Gasteiger partial charge in [0.05, 0.1) is 5.56 Å². The molecule has 0 radical (unpaired) electrons. The van der Waals surface area contributed by atoms with Gasteiger partial charge in [0.25, 0.3) is 5.91 Å². The van der Waals surface area contributed by atoms with E-state index in [9.17, 15) is 15.0 Å². The van der Waals surface area contributed by atoms with Crippen molar-refractivity contribution in [2.24, 2.45) is 0 Å². The Morgan fingerprint density at radius 3 is 2.88 bits per heavy atom. The van der Waals surface area contributed by atoms with Crippen LogP contribution < -0.4 is 5.32 Å². The highest BCUT2D eigenvalue weighted by atomic mass is 16.3. The number of nitrogens with zero attached hydrogens (tertiary/aromatic N) is 1. The monoisotopic (exact) mass is 236 g/mol. The molecular weight excluding hydrogens is 220 g/mol. The predicted octanol–water partition coefficient (Wildman–Crippen LogP) is 0.533. The van der Waals surface area contributed by atoms with Crippen molar-refractivity contribution in [3.8, 4) is 11.5 Å². The van der Waals surface area contributed by atoms with E-state index in [0.717, 1.165) is 19.5 Å². The molecule has 1 saturated heterocycles. The molecule has 1 aliphatic heterocycles. The number of carbonyl (C=O) groups is 1. The summed E-state index contributed by atoms with van der Waals surface area (Å²) in [6.07, 6.45) is 0.894. The third kappa shape index (κ3) is 2.68. The fourth-order valence-corrected chi connectivity index (χ4v) is 1.91. The Morgan fingerprint density at radius 1 is 1.24 bits per heavy atom. The first-order valence-electron chi connectivity index (χ1n) is 5.70. The van der Waals surface area contributed by atoms with E-state index in [1.807, 2.05) is 0 Å². The van der Waals surface area contributed by atoms with Gasteiger partial charge in [-0.3, -0.25) is 4.79 Å². The Morgan fingerprint density at radius 2 is 2.06 bits per heavy atom. The zero-order valence-corrected chi connectivity index (χ0v) is 9.52. The van der Waals surface area contributed by atoms with Gasteiger partial charge >= 0.3 is 0 Å². The number of phenols is 2. The van der Waals surface area contributed by atoms with Gasteiger partial charge in [-0.15, -0.1) is 0 Å². The van der Waals surface area contributed by atoms with E-state index in [0.29, 0.717) is 13.1 Å². The highest BCUT2D eigenvalue weighted by Gasteiger charge is 2.20. The van der Waals surface area contributed by atoms with Gasteiger partial charge in [0.2, 0.25) is 0 Å². The summed E-state index contributed by atoms with van der Waals surface area (Å²) in [5.41, 5.74) is 0.159. The molecule has 1 aliphatic rings. The van der Waals surface area contributed by atoms with Crippen molar-refractivity contribution in [1.29, 1.82) is 0 Å². The van der Waals surface area contributed by atoms with E-state index in [2.05, 4.69) is 5.32 Å². The lowest BCUT2D eigenvalue weighted by atomic mass is 10.1. The first-order valence-corrected chi connectivity index (χ1v) is 5.70. The number of rotatable bonds is 1. The van der Waals surface area contributed by atoms with Crippen molar-refractivity contribution in [2.75, 3.05) is 26.2 Å². The highest BCUT2D eigenvalue weighted by molar-refractivity contribution is 5.97. The summed E-state index contributed by atoms with van der Waals surface area (Å²) in [6.45, 7) is 2.94. The molecule has 2 rings (SSSR count). The lowest BCUT2D eigenvalue weighted by Crippen LogP contribution is -2.34. The summed E-state index contributed by atoms with van der Waals surface area (Å²) in [5.74, 6) is -0.341. The SMILES string of the molecule is O=C(c1cc(O)ccc1O)N1CCCNCC1. The molecular formula is C12H16N2O3. The first-order chi connectivity index (χ1) is 8.18. The summed E-state index contributed by atoms with van der Waals surface area (Å²) < 4.78 is 0. The minimum Gasteiger partial charge on any atom is -0.508 e. The van der Waals surface area contributed by atoms with Gasteiger partial charge in [-0.05, 0) is 31.2 Å². The number of hydrogen-bond donors (Lipinski definition) is 3. The van der Waals surface area contributed by atoms with Crippen molar-refractivity contribution in [3.05, 3.63) is 23.8 Å². The van der Waals surface area contributed by atoms with E-state index < -0.39 is 0 Å². The lowest BCUT2D eigenvalue weighted by molar-refractivity contribution is 0.0763. The quantitative estimate of drug-likeness (QED) is 0.622. The molecule has 1 amide bonds. The summed E-state index contributed by atoms with van der Waals surface area (Å²) in [5, 5.41) is 22.2. The van der Waals surface area contributed by atoms with Crippen molar-refractivity contribution >= 4 is 5.91 Å². The Hall–Kier alpha value is -1.75. The van der Waals surface area contributed by atoms with Crippen molar-refractivity contribution < 1.29 is 15.0 Å². The fourth-order valence-electron chi connectivity index (χ4n) is 1.91. The van der Waals surface area contributed by atoms with E-state index in [4.69, 9.17) is 0 Å². The third-order valence-corrected chi connectivity index (χ3v) is 2.84. The number of nitrogens with one attached hydrogen (secondary N) is 1. The third-order valence-electron chi connectivity index (χ3n) is 2.84. The number of carbonyl (C=O) groups excluding carboxylic acids is 1. The van der Waals surface area contributed by atoms with Crippen LogP contribution in [0.1, 0.15) is 16.8 Å². The van der Waals surface area contributed by atoms with Crippen LogP contribution in [0.15, 0.2) is 18.2 Å². The molecule has 1 heterocycles. The molecule has 0 saturated carbocycles. The van der Waals surface area contributed by atoms with E-state index in [1.54, 1.807) is 4.90 Å². The van der Waals surface area contributed by atoms with Crippen LogP contribution in [0.5, 0.6) is 11.5 Å². The van der Waals surface area contributed by atoms with Crippen LogP contribution in [0, 0.1) is 0 Å². The lowest BCUT2D eigenvalue weighted by Gasteiger charge is -2.20. The maximum atomic E-state index is 12.2. The molecule has 5 nitrogen and oxygen atoms in total. The molecule has 17 heavy (non-hydrogen) atoms. The molecule has 0 atom stereocenters. The van der Waals surface area contributed by atoms with Crippen LogP contribution in [0.25, 0.3) is 0 Å². The average molecular weight is 236 g/mol. The van der Waals surface area contributed by atoms with Crippen LogP contribution >= 0.6 is 0 Å². The van der Waals surface area contributed by atoms with Gasteiger partial charge in [-0.2, -0.15) is 0 Å². The molecule has 5 heteroatoms. The largest absolute Gasteiger partial charge is 0.508 e. The van der Waals surface area contributed by atoms with Crippen molar-refractivity contribution in [2.45, 2.75) is 6.42 Å². The molecule has 1 fully saturated rings. The minimum atomic E-state index is -0.234. The van der Waals surface area contributed by atoms with Crippen LogP contribution in [0.4, 0.5) is 0 Å². The second-order valence-corrected chi connectivity index (χ2v) is 4.10. The normalized spacial score (nSPS) is 16.6. The predicted molar refractivity (Wildman–Crippen MR) is 63.2 cm³/mol. The van der Waals surface area contributed by atoms with E-state index >= 15 is 0 Å². The molecule has 0 spiro atoms. The highest BCUT2D eigenvalue weighted by Crippen LogP contribution is 2.23. The molecule has 0 aliphatic carbocycles. The topological polar surface area (TPSA) is 72.8 Å². The molecule has 1 aromatic rings. The molecule has 1 aromatic carbocycles. The summed E-state index contributed by atoms with van der Waals surface area (Å²) in [6, 6.07) is 3.99. The van der Waals surface area contributed by atoms with Crippen LogP contribution in [0.2, 0.25) is 0 Å². The number of phenolic OH excluding ortho intramolecular Hbond substituents is 2. The first kappa shape index (κ1) is 11.7. The summed E-state index contributed by atoms with van der Waals surface area (Å²) in [4.78, 5) is 13.8. The van der Waals surface area contributed by atoms with Crippen molar-refractivity contribution in [1.82, 2.24) is 10.2 Å². The smallest absolute Gasteiger partial charge is 0.257 e. The van der Waals surface area contributed by atoms with Gasteiger partial charge in [-0.1, -0.05) is 0 Å². The van der Waals surface area contributed by atoms with Crippen LogP contribution in [-0.2, 0) is 0 Å². The van der Waals surface area contributed by atoms with Crippen molar-refractivity contribution in [3.63, 3.8) is 0 Å². The molecule has 92 valence electrons. The van der Waals surface area contributed by atoms with E-state index in [1.165, 1.54) is 18.2 Å². The maximum Gasteiger partial charge on any atom is 0.257 e. The molecule has 3 N–H and O–H groups in total. The van der Waals surface area contributed by atoms with Gasteiger partial charge in [-0.25, -0.2) is 0 Å². The standard InChI is InChI=1S/C12H16N2O3/c15-9-2-3-11(16)10(8-9)12(17)14-6-1-4-13-5-7-14/h2-3,8,13,15-16H,1,4-7H2. The second kappa shape index (κ2) is 5.05. The van der Waals surface area contributed by atoms with Gasteiger partial charge < -0.3 is 20.4 Å². The Kier molecular flexibility index (Phi) is 3.49. The van der Waals surface area contributed by atoms with Gasteiger partial charge in [0.15, 0.2) is 0 Å². The number of benzene rings is 1. The fraction of sp³-hybridized carbons (Fsp3) is 0.417. The molecule has 0 bridgehead atoms. The Labute approximate surface area is 99.7 Å². The number of aromatic hydroxyl groups is 2. The zero-order valence-electron chi connectivity index (χ0n) is 9.52. The molecule has 0 aromatic heterocycles. The van der Waals surface area contributed by atoms with Gasteiger partial charge in [0, 0.05) is 19.6 Å². The minimum absolute atomic E-state index is 0.0147. The Bertz CT molecular complexity index is 412. The van der Waals surface area contributed by atoms with E-state index in [-0.39, 0.29) is 23.0 Å². The van der Waals surface area contributed by atoms with Crippen LogP contribution in [-0.4, -0.2) is 47.2 Å². The number of hydrogen-bond acceptors (Lipinski definition) is 4. The molecule has 0 unspecified atom stereocenters. The zero-order chi connectivity index (χ0) is 12.3. The number of amides is 1. The maximum absolute atomic E-state index is 12.2. The average Bonchev–Trinajstić information content (AvgIpc) is 2.60. The summed E-state index contributed by atoms with van der Waals surface area (Å²) in [7, 11) is 0. The van der Waals surface area contributed by atoms with Gasteiger partial charge in [0.1, 0.15) is 11.5 Å². The Balaban J connectivity index is 2.20.